The van der Waals surface area contributed by atoms with Gasteiger partial charge in [0.15, 0.2) is 11.7 Å². The van der Waals surface area contributed by atoms with Gasteiger partial charge in [0.05, 0.1) is 17.4 Å². The third kappa shape index (κ3) is 4.90. The Hall–Kier alpha value is -4.05. The molecule has 5 aromatic rings. The summed E-state index contributed by atoms with van der Waals surface area (Å²) in [6.07, 6.45) is 14.4. The molecule has 0 N–H and O–H groups in total. The van der Waals surface area contributed by atoms with Gasteiger partial charge >= 0.3 is 0 Å². The number of hydrogen-bond donors (Lipinski definition) is 0. The van der Waals surface area contributed by atoms with E-state index in [0.717, 1.165) is 49.0 Å². The molecule has 0 saturated heterocycles. The van der Waals surface area contributed by atoms with Crippen LogP contribution < -0.4 is 4.57 Å². The Bertz CT molecular complexity index is 1700. The Morgan fingerprint density at radius 1 is 0.976 bits per heavy atom. The number of allylic oxidation sites excluding steroid dienone is 1. The highest BCUT2D eigenvalue weighted by molar-refractivity contribution is 5.84. The average Bonchev–Trinajstić information content (AvgIpc) is 3.52. The summed E-state index contributed by atoms with van der Waals surface area (Å²) in [4.78, 5) is 0. The molecule has 0 amide bonds. The molecule has 1 aliphatic heterocycles. The van der Waals surface area contributed by atoms with Crippen LogP contribution in [0.25, 0.3) is 39.0 Å². The molecule has 0 fully saturated rings. The number of rotatable bonds is 10. The van der Waals surface area contributed by atoms with Crippen LogP contribution in [0.2, 0.25) is 0 Å². The number of aryl methyl sites for hydroxylation is 1. The number of aromatic nitrogens is 4. The van der Waals surface area contributed by atoms with Gasteiger partial charge in [-0.1, -0.05) is 87.4 Å². The predicted molar refractivity (Wildman–Crippen MR) is 169 cm³/mol. The van der Waals surface area contributed by atoms with E-state index in [0.29, 0.717) is 5.92 Å². The van der Waals surface area contributed by atoms with Crippen molar-refractivity contribution in [2.45, 2.75) is 71.3 Å². The van der Waals surface area contributed by atoms with Crippen LogP contribution in [0.1, 0.15) is 64.0 Å². The number of hydrogen-bond acceptors (Lipinski definition) is 2. The molecule has 2 unspecified atom stereocenters. The number of benzene rings is 3. The zero-order valence-electron chi connectivity index (χ0n) is 24.7. The standard InChI is InChI=1S/C37H41N4/c1-5-9-14-27-15-12-18-29(21-27)35-26-41(39-38-35)33-20-19-30-24-37(8-4,32(7-3)13-6-2)40-25-31-17-11-10-16-28(31)22-36(40)34(30)23-33/h7,10-12,15-23,25-26,32H,3,5-6,8-9,13-14,24H2,1-2,4H3/q+1. The van der Waals surface area contributed by atoms with Gasteiger partial charge in [-0.3, -0.25) is 0 Å². The van der Waals surface area contributed by atoms with Crippen LogP contribution in [0.5, 0.6) is 0 Å². The Morgan fingerprint density at radius 3 is 2.61 bits per heavy atom. The number of pyridine rings is 1. The van der Waals surface area contributed by atoms with Crippen LogP contribution >= 0.6 is 0 Å². The second-order valence-electron chi connectivity index (χ2n) is 11.6. The van der Waals surface area contributed by atoms with Crippen molar-refractivity contribution in [2.24, 2.45) is 5.92 Å². The Morgan fingerprint density at radius 2 is 1.83 bits per heavy atom. The van der Waals surface area contributed by atoms with Crippen molar-refractivity contribution in [1.82, 2.24) is 15.0 Å². The second kappa shape index (κ2) is 11.4. The van der Waals surface area contributed by atoms with Gasteiger partial charge in [-0.15, -0.1) is 11.7 Å². The maximum absolute atomic E-state index is 4.57. The van der Waals surface area contributed by atoms with Gasteiger partial charge < -0.3 is 0 Å². The largest absolute Gasteiger partial charge is 0.220 e. The van der Waals surface area contributed by atoms with Crippen molar-refractivity contribution in [3.63, 3.8) is 0 Å². The van der Waals surface area contributed by atoms with Crippen molar-refractivity contribution in [1.29, 1.82) is 0 Å². The lowest BCUT2D eigenvalue weighted by molar-refractivity contribution is -0.763. The Balaban J connectivity index is 1.45. The molecule has 208 valence electrons. The first kappa shape index (κ1) is 27.1. The van der Waals surface area contributed by atoms with E-state index in [-0.39, 0.29) is 5.54 Å². The molecule has 6 rings (SSSR count). The highest BCUT2D eigenvalue weighted by Gasteiger charge is 2.49. The van der Waals surface area contributed by atoms with E-state index in [4.69, 9.17) is 0 Å². The Kier molecular flexibility index (Phi) is 7.57. The molecule has 0 saturated carbocycles. The number of nitrogens with zero attached hydrogens (tertiary/aromatic N) is 4. The van der Waals surface area contributed by atoms with Crippen molar-refractivity contribution >= 4 is 10.8 Å². The van der Waals surface area contributed by atoms with Crippen LogP contribution in [0.3, 0.4) is 0 Å². The molecule has 4 nitrogen and oxygen atoms in total. The van der Waals surface area contributed by atoms with E-state index < -0.39 is 0 Å². The third-order valence-electron chi connectivity index (χ3n) is 9.15. The summed E-state index contributed by atoms with van der Waals surface area (Å²) in [6, 6.07) is 26.6. The lowest BCUT2D eigenvalue weighted by atomic mass is 9.71. The molecule has 3 aromatic carbocycles. The molecule has 0 aliphatic carbocycles. The smallest absolute Gasteiger partial charge is 0.213 e. The quantitative estimate of drug-likeness (QED) is 0.131. The second-order valence-corrected chi connectivity index (χ2v) is 11.6. The van der Waals surface area contributed by atoms with Crippen LogP contribution in [-0.2, 0) is 18.4 Å². The van der Waals surface area contributed by atoms with Gasteiger partial charge in [0, 0.05) is 35.8 Å². The highest BCUT2D eigenvalue weighted by Crippen LogP contribution is 2.42. The minimum atomic E-state index is -0.0468. The van der Waals surface area contributed by atoms with Crippen LogP contribution in [0.15, 0.2) is 97.8 Å². The molecule has 2 aromatic heterocycles. The fourth-order valence-corrected chi connectivity index (χ4v) is 6.85. The van der Waals surface area contributed by atoms with E-state index >= 15 is 0 Å². The molecular weight excluding hydrogens is 500 g/mol. The summed E-state index contributed by atoms with van der Waals surface area (Å²) in [5, 5.41) is 11.7. The molecule has 3 heterocycles. The average molecular weight is 542 g/mol. The monoisotopic (exact) mass is 541 g/mol. The number of unbranched alkanes of at least 4 members (excludes halogenated alkanes) is 1. The van der Waals surface area contributed by atoms with Gasteiger partial charge in [0.1, 0.15) is 5.69 Å². The van der Waals surface area contributed by atoms with Crippen LogP contribution in [-0.4, -0.2) is 15.0 Å². The van der Waals surface area contributed by atoms with Crippen LogP contribution in [0.4, 0.5) is 0 Å². The molecule has 0 bridgehead atoms. The van der Waals surface area contributed by atoms with Gasteiger partial charge in [0.25, 0.3) is 0 Å². The minimum Gasteiger partial charge on any atom is -0.220 e. The van der Waals surface area contributed by atoms with Crippen molar-refractivity contribution in [3.8, 4) is 28.2 Å². The maximum Gasteiger partial charge on any atom is 0.213 e. The van der Waals surface area contributed by atoms with E-state index in [1.165, 1.54) is 46.0 Å². The topological polar surface area (TPSA) is 34.6 Å². The van der Waals surface area contributed by atoms with Gasteiger partial charge in [0.2, 0.25) is 5.69 Å². The lowest BCUT2D eigenvalue weighted by Crippen LogP contribution is -2.63. The van der Waals surface area contributed by atoms with E-state index in [9.17, 15) is 0 Å². The fourth-order valence-electron chi connectivity index (χ4n) is 6.85. The summed E-state index contributed by atoms with van der Waals surface area (Å²) >= 11 is 0. The fraction of sp³-hybridized carbons (Fsp3) is 0.324. The SMILES string of the molecule is C=CC(CCC)C1(CC)Cc2ccc(-n3cc(-c4cccc(CCCC)c4)nn3)cc2-c2cc3ccccc3c[n+]21. The molecule has 0 radical (unpaired) electrons. The summed E-state index contributed by atoms with van der Waals surface area (Å²) < 4.78 is 4.50. The zero-order valence-corrected chi connectivity index (χ0v) is 24.7. The molecule has 41 heavy (non-hydrogen) atoms. The van der Waals surface area contributed by atoms with Crippen molar-refractivity contribution in [2.75, 3.05) is 0 Å². The van der Waals surface area contributed by atoms with Crippen molar-refractivity contribution < 1.29 is 4.57 Å². The van der Waals surface area contributed by atoms with Gasteiger partial charge in [-0.2, -0.15) is 4.57 Å². The first-order valence-corrected chi connectivity index (χ1v) is 15.3. The van der Waals surface area contributed by atoms with Crippen molar-refractivity contribution in [3.05, 3.63) is 109 Å². The molecule has 4 heteroatoms. The first-order chi connectivity index (χ1) is 20.1. The molecule has 0 spiro atoms. The molecular formula is C37H41N4+. The van der Waals surface area contributed by atoms with E-state index in [1.54, 1.807) is 0 Å². The normalized spacial score (nSPS) is 16.8. The summed E-state index contributed by atoms with van der Waals surface area (Å²) in [5.74, 6) is 0.390. The number of fused-ring (bicyclic) bond motifs is 4. The maximum atomic E-state index is 4.57. The third-order valence-corrected chi connectivity index (χ3v) is 9.15. The summed E-state index contributed by atoms with van der Waals surface area (Å²) in [6.45, 7) is 11.2. The summed E-state index contributed by atoms with van der Waals surface area (Å²) in [7, 11) is 0. The van der Waals surface area contributed by atoms with E-state index in [2.05, 4.69) is 133 Å². The molecule has 1 aliphatic rings. The van der Waals surface area contributed by atoms with Crippen LogP contribution in [0, 0.1) is 5.92 Å². The summed E-state index contributed by atoms with van der Waals surface area (Å²) in [5.41, 5.74) is 8.29. The molecule has 2 atom stereocenters. The van der Waals surface area contributed by atoms with Gasteiger partial charge in [-0.05, 0) is 60.0 Å². The highest BCUT2D eigenvalue weighted by atomic mass is 15.4. The Labute approximate surface area is 244 Å². The first-order valence-electron chi connectivity index (χ1n) is 15.3. The van der Waals surface area contributed by atoms with Gasteiger partial charge in [-0.25, -0.2) is 4.68 Å². The zero-order chi connectivity index (χ0) is 28.4. The lowest BCUT2D eigenvalue weighted by Gasteiger charge is -2.38. The predicted octanol–water partition coefficient (Wildman–Crippen LogP) is 8.65. The van der Waals surface area contributed by atoms with E-state index in [1.807, 2.05) is 4.68 Å². The minimum absolute atomic E-state index is 0.0468.